The van der Waals surface area contributed by atoms with E-state index in [4.69, 9.17) is 0 Å². The molecule has 0 saturated carbocycles. The van der Waals surface area contributed by atoms with Crippen molar-refractivity contribution in [1.29, 1.82) is 0 Å². The van der Waals surface area contributed by atoms with Crippen molar-refractivity contribution in [1.82, 2.24) is 10.2 Å². The first kappa shape index (κ1) is 12.9. The summed E-state index contributed by atoms with van der Waals surface area (Å²) in [6.07, 6.45) is 3.93. The van der Waals surface area contributed by atoms with Gasteiger partial charge in [-0.15, -0.1) is 0 Å². The van der Waals surface area contributed by atoms with Crippen LogP contribution in [0.1, 0.15) is 38.5 Å². The van der Waals surface area contributed by atoms with Gasteiger partial charge in [-0.1, -0.05) is 12.8 Å². The number of nitrogens with one attached hydrogen (secondary N) is 1. The first-order chi connectivity index (χ1) is 8.59. The maximum Gasteiger partial charge on any atom is 0.326 e. The third-order valence-electron chi connectivity index (χ3n) is 3.61. The summed E-state index contributed by atoms with van der Waals surface area (Å²) in [4.78, 5) is 36.0. The van der Waals surface area contributed by atoms with Crippen molar-refractivity contribution < 1.29 is 19.5 Å². The van der Waals surface area contributed by atoms with Crippen LogP contribution in [0.25, 0.3) is 0 Å². The largest absolute Gasteiger partial charge is 0.480 e. The molecule has 0 spiro atoms. The number of hydrogen-bond acceptors (Lipinski definition) is 3. The Kier molecular flexibility index (Phi) is 3.84. The van der Waals surface area contributed by atoms with Crippen LogP contribution in [0.4, 0.5) is 0 Å². The SMILES string of the molecule is O=C1CC[C@H](C(=O)N2CCCCCC2C(=O)O)N1. The average molecular weight is 254 g/mol. The lowest BCUT2D eigenvalue weighted by Crippen LogP contribution is -2.51. The quantitative estimate of drug-likeness (QED) is 0.733. The van der Waals surface area contributed by atoms with E-state index < -0.39 is 18.1 Å². The molecule has 6 heteroatoms. The zero-order chi connectivity index (χ0) is 13.1. The van der Waals surface area contributed by atoms with Crippen LogP contribution < -0.4 is 5.32 Å². The number of carboxylic acids is 1. The zero-order valence-electron chi connectivity index (χ0n) is 10.2. The maximum atomic E-state index is 12.3. The molecule has 18 heavy (non-hydrogen) atoms. The molecule has 2 N–H and O–H groups in total. The second kappa shape index (κ2) is 5.37. The molecule has 0 bridgehead atoms. The molecular formula is C12H18N2O4. The molecule has 0 aromatic carbocycles. The third-order valence-corrected chi connectivity index (χ3v) is 3.61. The third kappa shape index (κ3) is 2.63. The van der Waals surface area contributed by atoms with E-state index in [2.05, 4.69) is 5.32 Å². The van der Waals surface area contributed by atoms with Gasteiger partial charge in [0.15, 0.2) is 0 Å². The fraction of sp³-hybridized carbons (Fsp3) is 0.750. The number of carboxylic acid groups (broad SMARTS) is 1. The molecule has 0 aliphatic carbocycles. The lowest BCUT2D eigenvalue weighted by molar-refractivity contribution is -0.151. The van der Waals surface area contributed by atoms with Gasteiger partial charge in [-0.05, 0) is 19.3 Å². The van der Waals surface area contributed by atoms with Gasteiger partial charge >= 0.3 is 5.97 Å². The lowest BCUT2D eigenvalue weighted by atomic mass is 10.1. The molecule has 2 fully saturated rings. The van der Waals surface area contributed by atoms with Gasteiger partial charge < -0.3 is 15.3 Å². The Balaban J connectivity index is 2.09. The molecule has 0 aromatic heterocycles. The minimum Gasteiger partial charge on any atom is -0.480 e. The standard InChI is InChI=1S/C12H18N2O4/c15-10-6-5-8(13-10)11(16)14-7-3-1-2-4-9(14)12(17)18/h8-9H,1-7H2,(H,13,15)(H,17,18)/t8-,9?/m1/s1. The summed E-state index contributed by atoms with van der Waals surface area (Å²) < 4.78 is 0. The second-order valence-corrected chi connectivity index (χ2v) is 4.89. The van der Waals surface area contributed by atoms with E-state index in [-0.39, 0.29) is 11.8 Å². The molecule has 2 heterocycles. The van der Waals surface area contributed by atoms with Crippen LogP contribution in [-0.2, 0) is 14.4 Å². The van der Waals surface area contributed by atoms with Crippen LogP contribution in [0, 0.1) is 0 Å². The molecule has 2 saturated heterocycles. The van der Waals surface area contributed by atoms with Crippen molar-refractivity contribution in [2.45, 2.75) is 50.6 Å². The predicted octanol–water partition coefficient (Wildman–Crippen LogP) is 0.121. The minimum absolute atomic E-state index is 0.130. The van der Waals surface area contributed by atoms with Crippen molar-refractivity contribution in [3.8, 4) is 0 Å². The number of likely N-dealkylation sites (tertiary alicyclic amines) is 1. The van der Waals surface area contributed by atoms with Gasteiger partial charge in [-0.25, -0.2) is 4.79 Å². The van der Waals surface area contributed by atoms with Gasteiger partial charge in [0.2, 0.25) is 11.8 Å². The number of aliphatic carboxylic acids is 1. The molecule has 2 amide bonds. The van der Waals surface area contributed by atoms with Crippen LogP contribution in [0.3, 0.4) is 0 Å². The number of rotatable bonds is 2. The minimum atomic E-state index is -0.949. The number of carbonyl (C=O) groups excluding carboxylic acids is 2. The lowest BCUT2D eigenvalue weighted by Gasteiger charge is -2.29. The summed E-state index contributed by atoms with van der Waals surface area (Å²) in [5, 5.41) is 11.8. The second-order valence-electron chi connectivity index (χ2n) is 4.89. The van der Waals surface area contributed by atoms with Crippen molar-refractivity contribution in [3.63, 3.8) is 0 Å². The van der Waals surface area contributed by atoms with E-state index in [1.807, 2.05) is 0 Å². The first-order valence-corrected chi connectivity index (χ1v) is 6.42. The highest BCUT2D eigenvalue weighted by Crippen LogP contribution is 2.20. The summed E-state index contributed by atoms with van der Waals surface area (Å²) in [7, 11) is 0. The van der Waals surface area contributed by atoms with Gasteiger partial charge in [0.05, 0.1) is 0 Å². The Morgan fingerprint density at radius 3 is 2.61 bits per heavy atom. The van der Waals surface area contributed by atoms with Gasteiger partial charge in [0.1, 0.15) is 12.1 Å². The number of hydrogen-bond donors (Lipinski definition) is 2. The van der Waals surface area contributed by atoms with Crippen LogP contribution in [0.2, 0.25) is 0 Å². The van der Waals surface area contributed by atoms with Crippen molar-refractivity contribution in [2.24, 2.45) is 0 Å². The zero-order valence-corrected chi connectivity index (χ0v) is 10.2. The molecule has 2 aliphatic heterocycles. The smallest absolute Gasteiger partial charge is 0.326 e. The van der Waals surface area contributed by atoms with E-state index in [1.165, 1.54) is 4.90 Å². The Labute approximate surface area is 105 Å². The predicted molar refractivity (Wildman–Crippen MR) is 62.8 cm³/mol. The van der Waals surface area contributed by atoms with E-state index in [9.17, 15) is 19.5 Å². The highest BCUT2D eigenvalue weighted by atomic mass is 16.4. The highest BCUT2D eigenvalue weighted by molar-refractivity contribution is 5.92. The van der Waals surface area contributed by atoms with Crippen molar-refractivity contribution >= 4 is 17.8 Å². The van der Waals surface area contributed by atoms with Crippen molar-refractivity contribution in [2.75, 3.05) is 6.54 Å². The summed E-state index contributed by atoms with van der Waals surface area (Å²) in [6.45, 7) is 0.474. The van der Waals surface area contributed by atoms with Crippen molar-refractivity contribution in [3.05, 3.63) is 0 Å². The molecule has 1 unspecified atom stereocenters. The monoisotopic (exact) mass is 254 g/mol. The van der Waals surface area contributed by atoms with Gasteiger partial charge in [-0.2, -0.15) is 0 Å². The molecule has 6 nitrogen and oxygen atoms in total. The molecule has 0 aromatic rings. The Morgan fingerprint density at radius 2 is 2.00 bits per heavy atom. The van der Waals surface area contributed by atoms with Crippen LogP contribution in [0.15, 0.2) is 0 Å². The Hall–Kier alpha value is -1.59. The van der Waals surface area contributed by atoms with Gasteiger partial charge in [-0.3, -0.25) is 9.59 Å². The normalized spacial score (nSPS) is 28.7. The maximum absolute atomic E-state index is 12.3. The summed E-state index contributed by atoms with van der Waals surface area (Å²) in [5.41, 5.74) is 0. The molecule has 0 radical (unpaired) electrons. The fourth-order valence-corrected chi connectivity index (χ4v) is 2.63. The summed E-state index contributed by atoms with van der Waals surface area (Å²) in [5.74, 6) is -1.32. The number of nitrogens with zero attached hydrogens (tertiary/aromatic N) is 1. The molecule has 2 atom stereocenters. The molecule has 2 rings (SSSR count). The summed E-state index contributed by atoms with van der Waals surface area (Å²) in [6, 6.07) is -1.27. The van der Waals surface area contributed by atoms with Crippen LogP contribution in [-0.4, -0.2) is 46.4 Å². The topological polar surface area (TPSA) is 86.7 Å². The highest BCUT2D eigenvalue weighted by Gasteiger charge is 2.36. The van der Waals surface area contributed by atoms with Crippen LogP contribution >= 0.6 is 0 Å². The van der Waals surface area contributed by atoms with E-state index >= 15 is 0 Å². The molecular weight excluding hydrogens is 236 g/mol. The Bertz CT molecular complexity index is 369. The van der Waals surface area contributed by atoms with Gasteiger partial charge in [0, 0.05) is 13.0 Å². The van der Waals surface area contributed by atoms with Crippen LogP contribution in [0.5, 0.6) is 0 Å². The first-order valence-electron chi connectivity index (χ1n) is 6.42. The van der Waals surface area contributed by atoms with Gasteiger partial charge in [0.25, 0.3) is 0 Å². The molecule has 100 valence electrons. The molecule has 2 aliphatic rings. The van der Waals surface area contributed by atoms with E-state index in [1.54, 1.807) is 0 Å². The average Bonchev–Trinajstić information content (AvgIpc) is 2.63. The number of amides is 2. The Morgan fingerprint density at radius 1 is 1.22 bits per heavy atom. The van der Waals surface area contributed by atoms with E-state index in [0.717, 1.165) is 19.3 Å². The summed E-state index contributed by atoms with van der Waals surface area (Å²) >= 11 is 0. The fourth-order valence-electron chi connectivity index (χ4n) is 2.63. The number of carbonyl (C=O) groups is 3. The van der Waals surface area contributed by atoms with E-state index in [0.29, 0.717) is 25.8 Å².